The number of rotatable bonds is 7. The van der Waals surface area contributed by atoms with Crippen molar-refractivity contribution in [2.24, 2.45) is 5.73 Å². The molecule has 2 N–H and O–H groups in total. The summed E-state index contributed by atoms with van der Waals surface area (Å²) in [5, 5.41) is 9.06. The summed E-state index contributed by atoms with van der Waals surface area (Å²) in [6.45, 7) is 4.10. The summed E-state index contributed by atoms with van der Waals surface area (Å²) < 4.78 is 1.97. The Balaban J connectivity index is 1.70. The van der Waals surface area contributed by atoms with Crippen LogP contribution in [0.4, 0.5) is 0 Å². The van der Waals surface area contributed by atoms with Crippen molar-refractivity contribution >= 4 is 23.6 Å². The zero-order valence-corrected chi connectivity index (χ0v) is 14.2. The van der Waals surface area contributed by atoms with E-state index >= 15 is 0 Å². The van der Waals surface area contributed by atoms with Crippen molar-refractivity contribution < 1.29 is 9.59 Å². The minimum atomic E-state index is -0.336. The van der Waals surface area contributed by atoms with Crippen LogP contribution in [-0.2, 0) is 16.1 Å². The molecule has 8 heteroatoms. The van der Waals surface area contributed by atoms with Gasteiger partial charge in [0.2, 0.25) is 11.8 Å². The largest absolute Gasteiger partial charge is 0.370 e. The second-order valence-electron chi connectivity index (χ2n) is 6.28. The molecule has 2 heterocycles. The molecule has 1 aliphatic heterocycles. The van der Waals surface area contributed by atoms with Crippen LogP contribution in [0.5, 0.6) is 0 Å². The molecule has 2 fully saturated rings. The first-order valence-electron chi connectivity index (χ1n) is 8.23. The lowest BCUT2D eigenvalue weighted by Gasteiger charge is -2.19. The number of amides is 2. The molecule has 2 amide bonds. The topological polar surface area (TPSA) is 94.1 Å². The first kappa shape index (κ1) is 16.3. The fourth-order valence-corrected chi connectivity index (χ4v) is 3.83. The lowest BCUT2D eigenvalue weighted by molar-refractivity contribution is -0.129. The monoisotopic (exact) mass is 337 g/mol. The smallest absolute Gasteiger partial charge is 0.235 e. The van der Waals surface area contributed by atoms with Crippen molar-refractivity contribution in [1.29, 1.82) is 0 Å². The maximum absolute atomic E-state index is 12.5. The summed E-state index contributed by atoms with van der Waals surface area (Å²) in [4.78, 5) is 25.5. The molecular weight excluding hydrogens is 314 g/mol. The minimum absolute atomic E-state index is 0.157. The summed E-state index contributed by atoms with van der Waals surface area (Å²) >= 11 is 1.43. The molecule has 1 aromatic rings. The summed E-state index contributed by atoms with van der Waals surface area (Å²) in [6, 6.07) is 0. The van der Waals surface area contributed by atoms with Crippen molar-refractivity contribution in [2.75, 3.05) is 13.1 Å². The highest BCUT2D eigenvalue weighted by Crippen LogP contribution is 2.40. The predicted octanol–water partition coefficient (Wildman–Crippen LogP) is 1.13. The van der Waals surface area contributed by atoms with E-state index in [0.29, 0.717) is 17.6 Å². The van der Waals surface area contributed by atoms with Gasteiger partial charge in [-0.05, 0) is 32.6 Å². The molecule has 1 aromatic heterocycles. The van der Waals surface area contributed by atoms with Crippen LogP contribution in [0, 0.1) is 0 Å². The van der Waals surface area contributed by atoms with Gasteiger partial charge in [0.15, 0.2) is 5.16 Å². The van der Waals surface area contributed by atoms with Gasteiger partial charge >= 0.3 is 0 Å². The molecule has 0 spiro atoms. The quantitative estimate of drug-likeness (QED) is 0.753. The Morgan fingerprint density at radius 2 is 2.00 bits per heavy atom. The average Bonchev–Trinajstić information content (AvgIpc) is 3.07. The van der Waals surface area contributed by atoms with Gasteiger partial charge < -0.3 is 15.2 Å². The molecule has 0 aromatic carbocycles. The number of nitrogens with two attached hydrogens (primary N) is 1. The number of likely N-dealkylation sites (tertiary alicyclic amines) is 1. The summed E-state index contributed by atoms with van der Waals surface area (Å²) in [5.41, 5.74) is 5.27. The van der Waals surface area contributed by atoms with E-state index in [1.54, 1.807) is 0 Å². The highest BCUT2D eigenvalue weighted by Gasteiger charge is 2.32. The highest BCUT2D eigenvalue weighted by atomic mass is 32.2. The molecule has 7 nitrogen and oxygen atoms in total. The average molecular weight is 337 g/mol. The van der Waals surface area contributed by atoms with E-state index in [-0.39, 0.29) is 23.5 Å². The number of thioether (sulfide) groups is 1. The number of aromatic nitrogens is 3. The third kappa shape index (κ3) is 3.85. The molecule has 1 saturated carbocycles. The summed E-state index contributed by atoms with van der Waals surface area (Å²) in [5.74, 6) is 1.19. The SMILES string of the molecule is CC(Sc1nnc(C2CC2)n1CCC(N)=O)C(=O)N1CCCC1. The van der Waals surface area contributed by atoms with Gasteiger partial charge in [-0.15, -0.1) is 10.2 Å². The normalized spacial score (nSPS) is 19.1. The molecule has 0 bridgehead atoms. The Hall–Kier alpha value is -1.57. The maximum atomic E-state index is 12.5. The van der Waals surface area contributed by atoms with Crippen molar-refractivity contribution in [3.05, 3.63) is 5.82 Å². The molecule has 1 atom stereocenters. The summed E-state index contributed by atoms with van der Waals surface area (Å²) in [6.07, 6.45) is 4.66. The van der Waals surface area contributed by atoms with Crippen molar-refractivity contribution in [3.8, 4) is 0 Å². The van der Waals surface area contributed by atoms with Gasteiger partial charge in [0.05, 0.1) is 5.25 Å². The van der Waals surface area contributed by atoms with Crippen LogP contribution in [0.1, 0.15) is 50.8 Å². The Morgan fingerprint density at radius 3 is 2.61 bits per heavy atom. The first-order valence-corrected chi connectivity index (χ1v) is 9.11. The van der Waals surface area contributed by atoms with Gasteiger partial charge in [-0.3, -0.25) is 9.59 Å². The van der Waals surface area contributed by atoms with Gasteiger partial charge in [-0.25, -0.2) is 0 Å². The Morgan fingerprint density at radius 1 is 1.30 bits per heavy atom. The van der Waals surface area contributed by atoms with E-state index in [4.69, 9.17) is 5.73 Å². The Bertz CT molecular complexity index is 593. The van der Waals surface area contributed by atoms with E-state index in [0.717, 1.165) is 44.6 Å². The molecule has 2 aliphatic rings. The van der Waals surface area contributed by atoms with Crippen molar-refractivity contribution in [2.45, 2.75) is 61.9 Å². The molecular formula is C15H23N5O2S. The second-order valence-corrected chi connectivity index (χ2v) is 7.58. The van der Waals surface area contributed by atoms with Crippen LogP contribution in [0.25, 0.3) is 0 Å². The molecule has 126 valence electrons. The number of hydrogen-bond donors (Lipinski definition) is 1. The fourth-order valence-electron chi connectivity index (χ4n) is 2.87. The van der Waals surface area contributed by atoms with Crippen LogP contribution in [0.3, 0.4) is 0 Å². The van der Waals surface area contributed by atoms with E-state index in [1.807, 2.05) is 16.4 Å². The molecule has 23 heavy (non-hydrogen) atoms. The van der Waals surface area contributed by atoms with Crippen LogP contribution in [0.2, 0.25) is 0 Å². The zero-order chi connectivity index (χ0) is 16.4. The van der Waals surface area contributed by atoms with E-state index in [2.05, 4.69) is 10.2 Å². The lowest BCUT2D eigenvalue weighted by atomic mass is 10.3. The van der Waals surface area contributed by atoms with Gasteiger partial charge in [0, 0.05) is 32.0 Å². The number of primary amides is 1. The highest BCUT2D eigenvalue weighted by molar-refractivity contribution is 8.00. The Kier molecular flexibility index (Phi) is 4.89. The second kappa shape index (κ2) is 6.90. The number of hydrogen-bond acceptors (Lipinski definition) is 5. The van der Waals surface area contributed by atoms with Gasteiger partial charge in [0.25, 0.3) is 0 Å². The maximum Gasteiger partial charge on any atom is 0.235 e. The molecule has 3 rings (SSSR count). The van der Waals surface area contributed by atoms with Crippen molar-refractivity contribution in [1.82, 2.24) is 19.7 Å². The molecule has 1 unspecified atom stereocenters. The molecule has 0 radical (unpaired) electrons. The molecule has 1 aliphatic carbocycles. The van der Waals surface area contributed by atoms with Crippen LogP contribution >= 0.6 is 11.8 Å². The standard InChI is InChI=1S/C15H23N5O2S/c1-10(14(22)19-7-2-3-8-19)23-15-18-17-13(11-4-5-11)20(15)9-6-12(16)21/h10-11H,2-9H2,1H3,(H2,16,21). The minimum Gasteiger partial charge on any atom is -0.370 e. The van der Waals surface area contributed by atoms with Gasteiger partial charge in [-0.2, -0.15) is 0 Å². The first-order chi connectivity index (χ1) is 11.1. The third-order valence-corrected chi connectivity index (χ3v) is 5.39. The predicted molar refractivity (Wildman–Crippen MR) is 86.9 cm³/mol. The third-order valence-electron chi connectivity index (χ3n) is 4.32. The fraction of sp³-hybridized carbons (Fsp3) is 0.733. The zero-order valence-electron chi connectivity index (χ0n) is 13.4. The van der Waals surface area contributed by atoms with Crippen LogP contribution < -0.4 is 5.73 Å². The van der Waals surface area contributed by atoms with Gasteiger partial charge in [0.1, 0.15) is 5.82 Å². The lowest BCUT2D eigenvalue weighted by Crippen LogP contribution is -2.34. The van der Waals surface area contributed by atoms with Crippen molar-refractivity contribution in [3.63, 3.8) is 0 Å². The van der Waals surface area contributed by atoms with Crippen LogP contribution in [-0.4, -0.2) is 49.8 Å². The number of nitrogens with zero attached hydrogens (tertiary/aromatic N) is 4. The van der Waals surface area contributed by atoms with E-state index in [1.165, 1.54) is 11.8 Å². The van der Waals surface area contributed by atoms with E-state index in [9.17, 15) is 9.59 Å². The van der Waals surface area contributed by atoms with Crippen LogP contribution in [0.15, 0.2) is 5.16 Å². The summed E-state index contributed by atoms with van der Waals surface area (Å²) in [7, 11) is 0. The molecule has 1 saturated heterocycles. The Labute approximate surface area is 140 Å². The number of carbonyl (C=O) groups excluding carboxylic acids is 2. The van der Waals surface area contributed by atoms with Gasteiger partial charge in [-0.1, -0.05) is 11.8 Å². The number of carbonyl (C=O) groups is 2. The van der Waals surface area contributed by atoms with E-state index < -0.39 is 0 Å².